The van der Waals surface area contributed by atoms with Crippen molar-refractivity contribution in [2.75, 3.05) is 29.5 Å². The van der Waals surface area contributed by atoms with E-state index in [1.54, 1.807) is 24.3 Å². The third-order valence-corrected chi connectivity index (χ3v) is 5.36. The summed E-state index contributed by atoms with van der Waals surface area (Å²) in [5.41, 5.74) is 2.99. The highest BCUT2D eigenvalue weighted by molar-refractivity contribution is 7.92. The fourth-order valence-electron chi connectivity index (χ4n) is 2.87. The minimum Gasteiger partial charge on any atom is -0.495 e. The van der Waals surface area contributed by atoms with Gasteiger partial charge in [0.05, 0.1) is 19.1 Å². The zero-order valence-electron chi connectivity index (χ0n) is 16.3. The van der Waals surface area contributed by atoms with Gasteiger partial charge in [-0.3, -0.25) is 9.10 Å². The van der Waals surface area contributed by atoms with E-state index >= 15 is 0 Å². The van der Waals surface area contributed by atoms with Crippen molar-refractivity contribution in [3.05, 3.63) is 53.6 Å². The van der Waals surface area contributed by atoms with Crippen LogP contribution in [0.1, 0.15) is 30.9 Å². The number of carbonyl (C=O) groups is 1. The molecule has 0 spiro atoms. The standard InChI is InChI=1S/C20H26N2O4S/c1-14(2)16-10-8-9-15(3)20(16)21-19(23)13-22(27(5,24)25)17-11-6-7-12-18(17)26-4/h6-12,14H,13H2,1-5H3,(H,21,23). The summed E-state index contributed by atoms with van der Waals surface area (Å²) in [6, 6.07) is 12.5. The molecule has 146 valence electrons. The van der Waals surface area contributed by atoms with Crippen LogP contribution in [0.3, 0.4) is 0 Å². The van der Waals surface area contributed by atoms with E-state index in [-0.39, 0.29) is 12.5 Å². The predicted molar refractivity (Wildman–Crippen MR) is 109 cm³/mol. The zero-order chi connectivity index (χ0) is 20.2. The molecule has 0 bridgehead atoms. The van der Waals surface area contributed by atoms with Gasteiger partial charge in [0.25, 0.3) is 0 Å². The molecule has 2 aromatic carbocycles. The van der Waals surface area contributed by atoms with Crippen LogP contribution in [0, 0.1) is 6.92 Å². The number of ether oxygens (including phenoxy) is 1. The molecule has 0 radical (unpaired) electrons. The molecule has 0 aliphatic heterocycles. The number of aryl methyl sites for hydroxylation is 1. The number of rotatable bonds is 7. The largest absolute Gasteiger partial charge is 0.495 e. The van der Waals surface area contributed by atoms with Crippen molar-refractivity contribution in [1.82, 2.24) is 0 Å². The lowest BCUT2D eigenvalue weighted by atomic mass is 9.98. The summed E-state index contributed by atoms with van der Waals surface area (Å²) in [5, 5.41) is 2.88. The number of methoxy groups -OCH3 is 1. The van der Waals surface area contributed by atoms with E-state index < -0.39 is 15.9 Å². The number of hydrogen-bond acceptors (Lipinski definition) is 4. The molecule has 0 atom stereocenters. The average molecular weight is 391 g/mol. The number of nitrogens with one attached hydrogen (secondary N) is 1. The first-order valence-corrected chi connectivity index (χ1v) is 10.5. The van der Waals surface area contributed by atoms with Crippen LogP contribution in [0.5, 0.6) is 5.75 Å². The molecular weight excluding hydrogens is 364 g/mol. The highest BCUT2D eigenvalue weighted by Crippen LogP contribution is 2.30. The quantitative estimate of drug-likeness (QED) is 0.785. The Labute approximate surface area is 161 Å². The fourth-order valence-corrected chi connectivity index (χ4v) is 3.73. The van der Waals surface area contributed by atoms with Crippen molar-refractivity contribution in [2.24, 2.45) is 0 Å². The summed E-state index contributed by atoms with van der Waals surface area (Å²) < 4.78 is 30.9. The van der Waals surface area contributed by atoms with E-state index in [1.165, 1.54) is 7.11 Å². The number of nitrogens with zero attached hydrogens (tertiary/aromatic N) is 1. The Morgan fingerprint density at radius 2 is 1.81 bits per heavy atom. The van der Waals surface area contributed by atoms with Gasteiger partial charge in [-0.1, -0.05) is 44.2 Å². The van der Waals surface area contributed by atoms with Gasteiger partial charge >= 0.3 is 0 Å². The topological polar surface area (TPSA) is 75.7 Å². The van der Waals surface area contributed by atoms with Gasteiger partial charge in [-0.05, 0) is 36.1 Å². The molecule has 27 heavy (non-hydrogen) atoms. The van der Waals surface area contributed by atoms with Crippen LogP contribution in [-0.4, -0.2) is 34.2 Å². The summed E-state index contributed by atoms with van der Waals surface area (Å²) in [6.45, 7) is 5.66. The summed E-state index contributed by atoms with van der Waals surface area (Å²) in [7, 11) is -2.22. The van der Waals surface area contributed by atoms with Crippen LogP contribution >= 0.6 is 0 Å². The average Bonchev–Trinajstić information content (AvgIpc) is 2.60. The Bertz CT molecular complexity index is 923. The van der Waals surface area contributed by atoms with Crippen LogP contribution in [-0.2, 0) is 14.8 Å². The molecule has 1 N–H and O–H groups in total. The van der Waals surface area contributed by atoms with Crippen molar-refractivity contribution in [3.63, 3.8) is 0 Å². The van der Waals surface area contributed by atoms with Crippen LogP contribution < -0.4 is 14.4 Å². The first-order chi connectivity index (χ1) is 12.6. The normalized spacial score (nSPS) is 11.3. The number of hydrogen-bond donors (Lipinski definition) is 1. The van der Waals surface area contributed by atoms with E-state index in [4.69, 9.17) is 4.74 Å². The minimum absolute atomic E-state index is 0.223. The zero-order valence-corrected chi connectivity index (χ0v) is 17.1. The molecule has 1 amide bonds. The maximum Gasteiger partial charge on any atom is 0.245 e. The third kappa shape index (κ3) is 5.01. The fraction of sp³-hybridized carbons (Fsp3) is 0.350. The molecule has 0 aromatic heterocycles. The lowest BCUT2D eigenvalue weighted by Crippen LogP contribution is -2.37. The monoisotopic (exact) mass is 390 g/mol. The summed E-state index contributed by atoms with van der Waals surface area (Å²) in [6.07, 6.45) is 1.07. The third-order valence-electron chi connectivity index (χ3n) is 4.23. The van der Waals surface area contributed by atoms with E-state index in [0.29, 0.717) is 11.4 Å². The molecule has 7 heteroatoms. The van der Waals surface area contributed by atoms with Gasteiger partial charge in [-0.15, -0.1) is 0 Å². The number of amides is 1. The van der Waals surface area contributed by atoms with Crippen LogP contribution in [0.4, 0.5) is 11.4 Å². The van der Waals surface area contributed by atoms with Gasteiger partial charge in [-0.2, -0.15) is 0 Å². The highest BCUT2D eigenvalue weighted by Gasteiger charge is 2.24. The number of carbonyl (C=O) groups excluding carboxylic acids is 1. The second-order valence-electron chi connectivity index (χ2n) is 6.68. The maximum atomic E-state index is 12.7. The lowest BCUT2D eigenvalue weighted by Gasteiger charge is -2.24. The molecule has 0 fully saturated rings. The van der Waals surface area contributed by atoms with Gasteiger partial charge in [0, 0.05) is 5.69 Å². The molecule has 0 unspecified atom stereocenters. The highest BCUT2D eigenvalue weighted by atomic mass is 32.2. The molecule has 0 heterocycles. The Hall–Kier alpha value is -2.54. The number of anilines is 2. The second-order valence-corrected chi connectivity index (χ2v) is 8.59. The molecule has 0 aliphatic carbocycles. The van der Waals surface area contributed by atoms with Crippen molar-refractivity contribution < 1.29 is 17.9 Å². The van der Waals surface area contributed by atoms with E-state index in [1.807, 2.05) is 39.0 Å². The lowest BCUT2D eigenvalue weighted by molar-refractivity contribution is -0.114. The van der Waals surface area contributed by atoms with E-state index in [2.05, 4.69) is 5.32 Å². The van der Waals surface area contributed by atoms with E-state index in [9.17, 15) is 13.2 Å². The number of sulfonamides is 1. The molecule has 2 aromatic rings. The van der Waals surface area contributed by atoms with E-state index in [0.717, 1.165) is 27.4 Å². The molecule has 0 aliphatic rings. The number of para-hydroxylation sites is 3. The SMILES string of the molecule is COc1ccccc1N(CC(=O)Nc1c(C)cccc1C(C)C)S(C)(=O)=O. The van der Waals surface area contributed by atoms with Crippen molar-refractivity contribution in [3.8, 4) is 5.75 Å². The molecule has 2 rings (SSSR count). The van der Waals surface area contributed by atoms with Crippen molar-refractivity contribution >= 4 is 27.3 Å². The molecular formula is C20H26N2O4S. The van der Waals surface area contributed by atoms with Gasteiger partial charge < -0.3 is 10.1 Å². The maximum absolute atomic E-state index is 12.7. The first-order valence-electron chi connectivity index (χ1n) is 8.65. The summed E-state index contributed by atoms with van der Waals surface area (Å²) >= 11 is 0. The smallest absolute Gasteiger partial charge is 0.245 e. The Morgan fingerprint density at radius 1 is 1.15 bits per heavy atom. The Morgan fingerprint density at radius 3 is 2.41 bits per heavy atom. The van der Waals surface area contributed by atoms with Crippen molar-refractivity contribution in [1.29, 1.82) is 0 Å². The van der Waals surface area contributed by atoms with Crippen molar-refractivity contribution in [2.45, 2.75) is 26.7 Å². The number of benzene rings is 2. The Kier molecular flexibility index (Phi) is 6.49. The minimum atomic E-state index is -3.68. The summed E-state index contributed by atoms with van der Waals surface area (Å²) in [4.78, 5) is 12.7. The van der Waals surface area contributed by atoms with Crippen LogP contribution in [0.25, 0.3) is 0 Å². The van der Waals surface area contributed by atoms with Gasteiger partial charge in [0.15, 0.2) is 0 Å². The van der Waals surface area contributed by atoms with Crippen LogP contribution in [0.15, 0.2) is 42.5 Å². The molecule has 0 saturated carbocycles. The van der Waals surface area contributed by atoms with Gasteiger partial charge in [-0.25, -0.2) is 8.42 Å². The molecule has 6 nitrogen and oxygen atoms in total. The van der Waals surface area contributed by atoms with Gasteiger partial charge in [0.1, 0.15) is 12.3 Å². The van der Waals surface area contributed by atoms with Crippen LogP contribution in [0.2, 0.25) is 0 Å². The second kappa shape index (κ2) is 8.43. The van der Waals surface area contributed by atoms with Gasteiger partial charge in [0.2, 0.25) is 15.9 Å². The molecule has 0 saturated heterocycles. The summed E-state index contributed by atoms with van der Waals surface area (Å²) in [5.74, 6) is 0.192. The Balaban J connectivity index is 2.34. The predicted octanol–water partition coefficient (Wildman–Crippen LogP) is 3.53. The first kappa shape index (κ1) is 20.8.